The molecule has 0 heterocycles. The predicted octanol–water partition coefficient (Wildman–Crippen LogP) is 1.73. The Hall–Kier alpha value is -1.29. The van der Waals surface area contributed by atoms with E-state index < -0.39 is 11.4 Å². The summed E-state index contributed by atoms with van der Waals surface area (Å²) < 4.78 is 13.1. The maximum absolute atomic E-state index is 13.1. The van der Waals surface area contributed by atoms with E-state index >= 15 is 0 Å². The van der Waals surface area contributed by atoms with Gasteiger partial charge in [-0.25, -0.2) is 4.39 Å². The Labute approximate surface area is 88.1 Å². The molecule has 1 fully saturated rings. The highest BCUT2D eigenvalue weighted by molar-refractivity contribution is 5.66. The summed E-state index contributed by atoms with van der Waals surface area (Å²) in [5, 5.41) is 12.8. The molecule has 1 saturated carbocycles. The minimum absolute atomic E-state index is 0.112. The van der Waals surface area contributed by atoms with Crippen LogP contribution in [0.2, 0.25) is 0 Å². The van der Waals surface area contributed by atoms with Crippen LogP contribution < -0.4 is 11.1 Å². The number of para-hydroxylation sites is 1. The van der Waals surface area contributed by atoms with Gasteiger partial charge in [0.1, 0.15) is 5.82 Å². The summed E-state index contributed by atoms with van der Waals surface area (Å²) >= 11 is 0. The van der Waals surface area contributed by atoms with E-state index in [1.807, 2.05) is 0 Å². The third kappa shape index (κ3) is 2.04. The van der Waals surface area contributed by atoms with Gasteiger partial charge in [-0.3, -0.25) is 0 Å². The second-order valence-electron chi connectivity index (χ2n) is 4.13. The molecule has 1 aromatic carbocycles. The summed E-state index contributed by atoms with van der Waals surface area (Å²) in [6.07, 6.45) is 2.65. The average Bonchev–Trinajstić information content (AvgIpc) is 2.17. The smallest absolute Gasteiger partial charge is 0.148 e. The first-order chi connectivity index (χ1) is 7.11. The lowest BCUT2D eigenvalue weighted by atomic mass is 9.80. The molecule has 2 rings (SSSR count). The average molecular weight is 210 g/mol. The van der Waals surface area contributed by atoms with Crippen LogP contribution in [-0.2, 0) is 0 Å². The second kappa shape index (κ2) is 3.70. The molecule has 1 aliphatic rings. The van der Waals surface area contributed by atoms with Crippen LogP contribution >= 0.6 is 0 Å². The molecule has 0 aromatic heterocycles. The van der Waals surface area contributed by atoms with Crippen molar-refractivity contribution in [1.82, 2.24) is 0 Å². The van der Waals surface area contributed by atoms with Crippen molar-refractivity contribution in [2.45, 2.75) is 24.9 Å². The van der Waals surface area contributed by atoms with E-state index in [-0.39, 0.29) is 5.69 Å². The van der Waals surface area contributed by atoms with Crippen molar-refractivity contribution in [2.24, 2.45) is 0 Å². The van der Waals surface area contributed by atoms with Crippen LogP contribution in [0.25, 0.3) is 0 Å². The van der Waals surface area contributed by atoms with E-state index in [1.54, 1.807) is 12.1 Å². The van der Waals surface area contributed by atoms with Crippen LogP contribution in [0.5, 0.6) is 0 Å². The molecule has 4 heteroatoms. The fourth-order valence-electron chi connectivity index (χ4n) is 1.71. The van der Waals surface area contributed by atoms with E-state index in [9.17, 15) is 9.50 Å². The number of nitrogens with one attached hydrogen (secondary N) is 1. The van der Waals surface area contributed by atoms with Crippen LogP contribution in [-0.4, -0.2) is 17.3 Å². The summed E-state index contributed by atoms with van der Waals surface area (Å²) in [6.45, 7) is 0.431. The Bertz CT molecular complexity index is 364. The lowest BCUT2D eigenvalue weighted by molar-refractivity contribution is -0.0201. The number of benzene rings is 1. The predicted molar refractivity (Wildman–Crippen MR) is 58.1 cm³/mol. The molecule has 0 aliphatic heterocycles. The monoisotopic (exact) mass is 210 g/mol. The summed E-state index contributed by atoms with van der Waals surface area (Å²) in [6, 6.07) is 4.62. The summed E-state index contributed by atoms with van der Waals surface area (Å²) in [5.41, 5.74) is 5.59. The number of hydrogen-bond acceptors (Lipinski definition) is 3. The van der Waals surface area contributed by atoms with Crippen molar-refractivity contribution in [3.8, 4) is 0 Å². The highest BCUT2D eigenvalue weighted by atomic mass is 19.1. The molecule has 0 amide bonds. The number of anilines is 2. The first kappa shape index (κ1) is 10.2. The third-order valence-corrected chi connectivity index (χ3v) is 2.95. The lowest BCUT2D eigenvalue weighted by Gasteiger charge is -2.37. The Balaban J connectivity index is 2.01. The van der Waals surface area contributed by atoms with Gasteiger partial charge in [0.25, 0.3) is 0 Å². The van der Waals surface area contributed by atoms with Crippen molar-refractivity contribution in [3.63, 3.8) is 0 Å². The van der Waals surface area contributed by atoms with Gasteiger partial charge in [-0.15, -0.1) is 0 Å². The molecule has 0 bridgehead atoms. The fourth-order valence-corrected chi connectivity index (χ4v) is 1.71. The molecular weight excluding hydrogens is 195 g/mol. The van der Waals surface area contributed by atoms with Gasteiger partial charge in [0.15, 0.2) is 0 Å². The van der Waals surface area contributed by atoms with E-state index in [0.29, 0.717) is 12.2 Å². The summed E-state index contributed by atoms with van der Waals surface area (Å²) in [5.74, 6) is -0.430. The van der Waals surface area contributed by atoms with Gasteiger partial charge in [-0.1, -0.05) is 6.07 Å². The van der Waals surface area contributed by atoms with E-state index in [0.717, 1.165) is 19.3 Å². The fraction of sp³-hybridized carbons (Fsp3) is 0.455. The van der Waals surface area contributed by atoms with Crippen LogP contribution in [0.3, 0.4) is 0 Å². The number of nitrogens with two attached hydrogens (primary N) is 1. The number of nitrogen functional groups attached to an aromatic ring is 1. The van der Waals surface area contributed by atoms with Gasteiger partial charge in [0, 0.05) is 6.54 Å². The normalized spacial score (nSPS) is 18.3. The van der Waals surface area contributed by atoms with Crippen LogP contribution in [0, 0.1) is 5.82 Å². The van der Waals surface area contributed by atoms with Crippen molar-refractivity contribution in [2.75, 3.05) is 17.6 Å². The molecule has 0 saturated heterocycles. The van der Waals surface area contributed by atoms with Crippen molar-refractivity contribution < 1.29 is 9.50 Å². The SMILES string of the molecule is Nc1c(F)cccc1NCC1(O)CCC1. The largest absolute Gasteiger partial charge is 0.395 e. The maximum Gasteiger partial charge on any atom is 0.148 e. The molecule has 3 nitrogen and oxygen atoms in total. The van der Waals surface area contributed by atoms with Gasteiger partial charge in [0.05, 0.1) is 17.0 Å². The number of rotatable bonds is 3. The Kier molecular flexibility index (Phi) is 2.52. The lowest BCUT2D eigenvalue weighted by Crippen LogP contribution is -2.43. The molecule has 0 unspecified atom stereocenters. The van der Waals surface area contributed by atoms with Crippen molar-refractivity contribution in [1.29, 1.82) is 0 Å². The van der Waals surface area contributed by atoms with Crippen LogP contribution in [0.4, 0.5) is 15.8 Å². The molecule has 0 atom stereocenters. The zero-order valence-corrected chi connectivity index (χ0v) is 8.46. The molecule has 82 valence electrons. The Morgan fingerprint density at radius 3 is 2.80 bits per heavy atom. The highest BCUT2D eigenvalue weighted by Gasteiger charge is 2.34. The number of halogens is 1. The third-order valence-electron chi connectivity index (χ3n) is 2.95. The zero-order chi connectivity index (χ0) is 10.9. The quantitative estimate of drug-likeness (QED) is 0.666. The first-order valence-electron chi connectivity index (χ1n) is 5.11. The Morgan fingerprint density at radius 2 is 2.20 bits per heavy atom. The topological polar surface area (TPSA) is 58.3 Å². The zero-order valence-electron chi connectivity index (χ0n) is 8.46. The summed E-state index contributed by atoms with van der Waals surface area (Å²) in [7, 11) is 0. The Morgan fingerprint density at radius 1 is 1.47 bits per heavy atom. The maximum atomic E-state index is 13.1. The molecule has 15 heavy (non-hydrogen) atoms. The molecule has 4 N–H and O–H groups in total. The van der Waals surface area contributed by atoms with E-state index in [2.05, 4.69) is 5.32 Å². The van der Waals surface area contributed by atoms with E-state index in [1.165, 1.54) is 6.07 Å². The summed E-state index contributed by atoms with van der Waals surface area (Å²) in [4.78, 5) is 0. The van der Waals surface area contributed by atoms with E-state index in [4.69, 9.17) is 5.73 Å². The van der Waals surface area contributed by atoms with Gasteiger partial charge < -0.3 is 16.2 Å². The first-order valence-corrected chi connectivity index (χ1v) is 5.11. The molecule has 1 aliphatic carbocycles. The second-order valence-corrected chi connectivity index (χ2v) is 4.13. The molecule has 0 spiro atoms. The van der Waals surface area contributed by atoms with Crippen LogP contribution in [0.1, 0.15) is 19.3 Å². The number of hydrogen-bond donors (Lipinski definition) is 3. The van der Waals surface area contributed by atoms with Crippen molar-refractivity contribution >= 4 is 11.4 Å². The van der Waals surface area contributed by atoms with Gasteiger partial charge in [-0.2, -0.15) is 0 Å². The van der Waals surface area contributed by atoms with Gasteiger partial charge in [0.2, 0.25) is 0 Å². The highest BCUT2D eigenvalue weighted by Crippen LogP contribution is 2.32. The van der Waals surface area contributed by atoms with Gasteiger partial charge in [-0.05, 0) is 31.4 Å². The molecular formula is C11H15FN2O. The standard InChI is InChI=1S/C11H15FN2O/c12-8-3-1-4-9(10(8)13)14-7-11(15)5-2-6-11/h1,3-4,14-15H,2,5-7,13H2. The minimum Gasteiger partial charge on any atom is -0.395 e. The molecule has 1 aromatic rings. The molecule has 0 radical (unpaired) electrons. The minimum atomic E-state index is -0.626. The van der Waals surface area contributed by atoms with Crippen LogP contribution in [0.15, 0.2) is 18.2 Å². The van der Waals surface area contributed by atoms with Crippen molar-refractivity contribution in [3.05, 3.63) is 24.0 Å². The van der Waals surface area contributed by atoms with Gasteiger partial charge >= 0.3 is 0 Å². The number of aliphatic hydroxyl groups is 1.